The summed E-state index contributed by atoms with van der Waals surface area (Å²) in [6.07, 6.45) is 4.74. The van der Waals surface area contributed by atoms with E-state index in [0.717, 1.165) is 36.2 Å². The smallest absolute Gasteiger partial charge is 0.242 e. The maximum atomic E-state index is 12.9. The summed E-state index contributed by atoms with van der Waals surface area (Å²) in [6, 6.07) is 4.55. The van der Waals surface area contributed by atoms with Crippen LogP contribution < -0.4 is 0 Å². The molecule has 1 amide bonds. The Bertz CT molecular complexity index is 766. The molecule has 1 fully saturated rings. The molecule has 2 heterocycles. The van der Waals surface area contributed by atoms with E-state index in [1.807, 2.05) is 4.90 Å². The van der Waals surface area contributed by atoms with Gasteiger partial charge in [-0.15, -0.1) is 0 Å². The average molecular weight is 343 g/mol. The number of imidazole rings is 1. The molecule has 1 atom stereocenters. The zero-order valence-corrected chi connectivity index (χ0v) is 15.6. The minimum Gasteiger partial charge on any atom is -0.396 e. The van der Waals surface area contributed by atoms with Crippen molar-refractivity contribution in [2.45, 2.75) is 65.5 Å². The van der Waals surface area contributed by atoms with E-state index in [9.17, 15) is 9.90 Å². The number of fused-ring (bicyclic) bond motifs is 1. The van der Waals surface area contributed by atoms with Gasteiger partial charge in [-0.3, -0.25) is 4.79 Å². The number of carbonyl (C=O) groups excluding carboxylic acids is 1. The Morgan fingerprint density at radius 1 is 1.28 bits per heavy atom. The summed E-state index contributed by atoms with van der Waals surface area (Å²) in [5, 5.41) is 9.19. The first-order valence-electron chi connectivity index (χ1n) is 9.38. The van der Waals surface area contributed by atoms with Gasteiger partial charge in [0, 0.05) is 25.6 Å². The zero-order chi connectivity index (χ0) is 18.0. The second-order valence-electron chi connectivity index (χ2n) is 7.30. The summed E-state index contributed by atoms with van der Waals surface area (Å²) < 4.78 is 2.06. The van der Waals surface area contributed by atoms with Crippen molar-refractivity contribution in [1.29, 1.82) is 0 Å². The van der Waals surface area contributed by atoms with Crippen LogP contribution in [0.2, 0.25) is 0 Å². The van der Waals surface area contributed by atoms with Crippen LogP contribution in [-0.2, 0) is 17.8 Å². The van der Waals surface area contributed by atoms with E-state index in [1.54, 1.807) is 0 Å². The van der Waals surface area contributed by atoms with E-state index in [1.165, 1.54) is 17.5 Å². The lowest BCUT2D eigenvalue weighted by Crippen LogP contribution is -2.43. The molecule has 0 radical (unpaired) electrons. The van der Waals surface area contributed by atoms with Crippen LogP contribution in [0.15, 0.2) is 12.1 Å². The highest BCUT2D eigenvalue weighted by Gasteiger charge is 2.24. The molecule has 0 saturated carbocycles. The molecule has 3 rings (SSSR count). The summed E-state index contributed by atoms with van der Waals surface area (Å²) in [5.74, 6) is 1.07. The number of aryl methyl sites for hydroxylation is 3. The molecule has 2 aromatic rings. The number of aromatic nitrogens is 2. The van der Waals surface area contributed by atoms with Crippen molar-refractivity contribution in [3.05, 3.63) is 29.1 Å². The van der Waals surface area contributed by atoms with Gasteiger partial charge >= 0.3 is 0 Å². The molecule has 136 valence electrons. The van der Waals surface area contributed by atoms with E-state index < -0.39 is 0 Å². The van der Waals surface area contributed by atoms with Gasteiger partial charge in [-0.05, 0) is 69.7 Å². The van der Waals surface area contributed by atoms with Gasteiger partial charge in [0.2, 0.25) is 5.91 Å². The largest absolute Gasteiger partial charge is 0.396 e. The lowest BCUT2D eigenvalue weighted by Gasteiger charge is -2.33. The molecule has 0 bridgehead atoms. The van der Waals surface area contributed by atoms with Crippen LogP contribution in [0, 0.1) is 13.8 Å². The summed E-state index contributed by atoms with van der Waals surface area (Å²) in [6.45, 7) is 7.65. The van der Waals surface area contributed by atoms with Crippen LogP contribution in [0.3, 0.4) is 0 Å². The molecule has 1 aliphatic heterocycles. The number of carbonyl (C=O) groups is 1. The summed E-state index contributed by atoms with van der Waals surface area (Å²) >= 11 is 0. The first-order chi connectivity index (χ1) is 12.0. The molecular weight excluding hydrogens is 314 g/mol. The number of likely N-dealkylation sites (tertiary alicyclic amines) is 1. The van der Waals surface area contributed by atoms with Gasteiger partial charge in [0.05, 0.1) is 11.0 Å². The van der Waals surface area contributed by atoms with Crippen LogP contribution in [0.25, 0.3) is 11.0 Å². The topological polar surface area (TPSA) is 58.4 Å². The van der Waals surface area contributed by atoms with Crippen molar-refractivity contribution in [3.63, 3.8) is 0 Å². The van der Waals surface area contributed by atoms with E-state index in [4.69, 9.17) is 4.98 Å². The summed E-state index contributed by atoms with van der Waals surface area (Å²) in [5.41, 5.74) is 4.38. The minimum absolute atomic E-state index is 0.137. The quantitative estimate of drug-likeness (QED) is 0.908. The third kappa shape index (κ3) is 3.71. The number of benzene rings is 1. The number of nitrogens with zero attached hydrogens (tertiary/aromatic N) is 3. The van der Waals surface area contributed by atoms with Gasteiger partial charge in [-0.25, -0.2) is 4.98 Å². The Morgan fingerprint density at radius 3 is 2.76 bits per heavy atom. The predicted molar refractivity (Wildman–Crippen MR) is 99.6 cm³/mol. The van der Waals surface area contributed by atoms with Crippen LogP contribution >= 0.6 is 0 Å². The van der Waals surface area contributed by atoms with Gasteiger partial charge < -0.3 is 14.6 Å². The zero-order valence-electron chi connectivity index (χ0n) is 15.6. The second-order valence-corrected chi connectivity index (χ2v) is 7.30. The molecule has 5 heteroatoms. The maximum absolute atomic E-state index is 12.9. The van der Waals surface area contributed by atoms with Crippen LogP contribution in [0.1, 0.15) is 49.6 Å². The normalized spacial score (nSPS) is 18.1. The van der Waals surface area contributed by atoms with Crippen molar-refractivity contribution in [2.24, 2.45) is 0 Å². The molecule has 1 N–H and O–H groups in total. The fourth-order valence-corrected chi connectivity index (χ4v) is 3.73. The monoisotopic (exact) mass is 343 g/mol. The van der Waals surface area contributed by atoms with Gasteiger partial charge in [0.1, 0.15) is 12.4 Å². The predicted octanol–water partition coefficient (Wildman–Crippen LogP) is 2.98. The lowest BCUT2D eigenvalue weighted by molar-refractivity contribution is -0.135. The summed E-state index contributed by atoms with van der Waals surface area (Å²) in [4.78, 5) is 19.7. The Labute approximate surface area is 149 Å². The molecule has 1 aliphatic rings. The molecular formula is C20H29N3O2. The van der Waals surface area contributed by atoms with Crippen molar-refractivity contribution < 1.29 is 9.90 Å². The van der Waals surface area contributed by atoms with E-state index in [0.29, 0.717) is 25.4 Å². The molecule has 1 aromatic heterocycles. The van der Waals surface area contributed by atoms with Gasteiger partial charge in [0.15, 0.2) is 0 Å². The fraction of sp³-hybridized carbons (Fsp3) is 0.600. The van der Waals surface area contributed by atoms with Crippen LogP contribution in [0.4, 0.5) is 0 Å². The Kier molecular flexibility index (Phi) is 5.42. The summed E-state index contributed by atoms with van der Waals surface area (Å²) in [7, 11) is 0. The first-order valence-corrected chi connectivity index (χ1v) is 9.38. The Morgan fingerprint density at radius 2 is 2.04 bits per heavy atom. The lowest BCUT2D eigenvalue weighted by atomic mass is 10.0. The number of hydrogen-bond donors (Lipinski definition) is 1. The Balaban J connectivity index is 1.94. The third-order valence-corrected chi connectivity index (χ3v) is 5.42. The maximum Gasteiger partial charge on any atom is 0.242 e. The van der Waals surface area contributed by atoms with E-state index in [2.05, 4.69) is 37.5 Å². The highest BCUT2D eigenvalue weighted by atomic mass is 16.3. The fourth-order valence-electron chi connectivity index (χ4n) is 3.73. The van der Waals surface area contributed by atoms with Gasteiger partial charge in [0.25, 0.3) is 0 Å². The molecule has 1 unspecified atom stereocenters. The number of aliphatic hydroxyl groups excluding tert-OH is 1. The van der Waals surface area contributed by atoms with E-state index in [-0.39, 0.29) is 12.5 Å². The highest BCUT2D eigenvalue weighted by Crippen LogP contribution is 2.23. The standard InChI is InChI=1S/C20H29N3O2/c1-14-11-17-18(12-15(14)2)23(19(21-17)8-6-10-24)13-20(25)22-9-5-4-7-16(22)3/h11-12,16,24H,4-10,13H2,1-3H3. The SMILES string of the molecule is Cc1cc2nc(CCCO)n(CC(=O)N3CCCCC3C)c2cc1C. The molecule has 0 aliphatic carbocycles. The van der Waals surface area contributed by atoms with Crippen LogP contribution in [-0.4, -0.2) is 44.7 Å². The second kappa shape index (κ2) is 7.56. The molecule has 5 nitrogen and oxygen atoms in total. The number of hydrogen-bond acceptors (Lipinski definition) is 3. The number of rotatable bonds is 5. The first kappa shape index (κ1) is 17.9. The van der Waals surface area contributed by atoms with Gasteiger partial charge in [-0.1, -0.05) is 0 Å². The number of amides is 1. The van der Waals surface area contributed by atoms with Gasteiger partial charge in [-0.2, -0.15) is 0 Å². The van der Waals surface area contributed by atoms with Crippen molar-refractivity contribution in [1.82, 2.24) is 14.5 Å². The highest BCUT2D eigenvalue weighted by molar-refractivity contribution is 5.82. The third-order valence-electron chi connectivity index (χ3n) is 5.42. The van der Waals surface area contributed by atoms with Crippen molar-refractivity contribution in [3.8, 4) is 0 Å². The number of piperidine rings is 1. The average Bonchev–Trinajstić information content (AvgIpc) is 2.90. The minimum atomic E-state index is 0.137. The molecule has 1 aromatic carbocycles. The van der Waals surface area contributed by atoms with Crippen LogP contribution in [0.5, 0.6) is 0 Å². The van der Waals surface area contributed by atoms with E-state index >= 15 is 0 Å². The van der Waals surface area contributed by atoms with Crippen molar-refractivity contribution in [2.75, 3.05) is 13.2 Å². The molecule has 1 saturated heterocycles. The molecule has 0 spiro atoms. The molecule has 25 heavy (non-hydrogen) atoms. The number of aliphatic hydroxyl groups is 1. The Hall–Kier alpha value is -1.88. The van der Waals surface area contributed by atoms with Crippen molar-refractivity contribution >= 4 is 16.9 Å².